The number of nitrogens with zero attached hydrogens (tertiary/aromatic N) is 2. The molecule has 51 heavy (non-hydrogen) atoms. The number of ether oxygens (including phenoxy) is 1. The maximum absolute atomic E-state index is 14.8. The zero-order valence-electron chi connectivity index (χ0n) is 28.9. The summed E-state index contributed by atoms with van der Waals surface area (Å²) < 4.78 is 7.66. The monoisotopic (exact) mass is 770 g/mol. The lowest BCUT2D eigenvalue weighted by Gasteiger charge is -2.32. The fourth-order valence-corrected chi connectivity index (χ4v) is 10.6. The van der Waals surface area contributed by atoms with Crippen LogP contribution in [-0.2, 0) is 33.0 Å². The molecule has 5 N–H and O–H groups in total. The minimum Gasteiger partial charge on any atom is -0.432 e. The van der Waals surface area contributed by atoms with Gasteiger partial charge in [0.1, 0.15) is 0 Å². The maximum Gasteiger partial charge on any atom is 0.264 e. The molecule has 1 saturated heterocycles. The second-order valence-corrected chi connectivity index (χ2v) is 18.8. The van der Waals surface area contributed by atoms with E-state index in [1.807, 2.05) is 80.7 Å². The van der Waals surface area contributed by atoms with Crippen molar-refractivity contribution in [3.05, 3.63) is 124 Å². The van der Waals surface area contributed by atoms with Gasteiger partial charge in [-0.1, -0.05) is 65.3 Å². The van der Waals surface area contributed by atoms with Gasteiger partial charge >= 0.3 is 0 Å². The van der Waals surface area contributed by atoms with E-state index in [0.29, 0.717) is 34.7 Å². The maximum atomic E-state index is 14.8. The van der Waals surface area contributed by atoms with Gasteiger partial charge in [-0.25, -0.2) is 0 Å². The number of nitrogens with two attached hydrogens (primary N) is 1. The summed E-state index contributed by atoms with van der Waals surface area (Å²) in [4.78, 5) is 56.4. The van der Waals surface area contributed by atoms with Crippen LogP contribution < -0.4 is 16.0 Å². The normalized spacial score (nSPS) is 21.2. The molecule has 0 radical (unpaired) electrons. The number of benzene rings is 4. The molecule has 2 aliphatic rings. The molecule has 0 saturated carbocycles. The summed E-state index contributed by atoms with van der Waals surface area (Å²) in [6.45, 7) is 6.13. The van der Waals surface area contributed by atoms with Crippen molar-refractivity contribution < 1.29 is 29.0 Å². The Labute approximate surface area is 307 Å². The predicted octanol–water partition coefficient (Wildman–Crippen LogP) is 6.04. The minimum absolute atomic E-state index is 0.0409. The summed E-state index contributed by atoms with van der Waals surface area (Å²) in [5.41, 5.74) is 8.72. The number of rotatable bonds is 11. The van der Waals surface area contributed by atoms with Gasteiger partial charge in [0, 0.05) is 51.5 Å². The van der Waals surface area contributed by atoms with E-state index >= 15 is 0 Å². The Balaban J connectivity index is 1.26. The van der Waals surface area contributed by atoms with E-state index in [4.69, 9.17) is 10.5 Å². The van der Waals surface area contributed by atoms with Gasteiger partial charge in [0.25, 0.3) is 11.8 Å². The highest BCUT2D eigenvalue weighted by molar-refractivity contribution is 9.10. The van der Waals surface area contributed by atoms with Crippen molar-refractivity contribution in [3.63, 3.8) is 0 Å². The average molecular weight is 772 g/mol. The SMILES string of the molecule is C[C@H]1[C@H]([Si](C)(C)O)[C@@H](CC(=O)N(CCO)Cc2ccccc2)O[C@]12C(=O)N(Cc1ccc(NC(=O)c3ccc(N)cc3)cc1)c1ccc(Br)cc12. The van der Waals surface area contributed by atoms with E-state index in [1.165, 1.54) is 0 Å². The van der Waals surface area contributed by atoms with Crippen LogP contribution in [0.2, 0.25) is 18.6 Å². The quantitative estimate of drug-likeness (QED) is 0.108. The summed E-state index contributed by atoms with van der Waals surface area (Å²) in [5, 5.41) is 12.7. The lowest BCUT2D eigenvalue weighted by atomic mass is 9.82. The molecule has 4 aromatic rings. The third-order valence-electron chi connectivity index (χ3n) is 9.99. The van der Waals surface area contributed by atoms with Gasteiger partial charge in [0.15, 0.2) is 13.9 Å². The van der Waals surface area contributed by atoms with Crippen molar-refractivity contribution in [2.45, 2.75) is 56.8 Å². The lowest BCUT2D eigenvalue weighted by Crippen LogP contribution is -2.46. The van der Waals surface area contributed by atoms with Gasteiger partial charge in [-0.2, -0.15) is 0 Å². The molecule has 4 atom stereocenters. The van der Waals surface area contributed by atoms with Crippen LogP contribution in [0.15, 0.2) is 102 Å². The molecule has 6 rings (SSSR count). The number of hydrogen-bond acceptors (Lipinski definition) is 7. The van der Waals surface area contributed by atoms with Gasteiger partial charge in [0.05, 0.1) is 31.4 Å². The molecular formula is C39H43BrN4O6Si. The number of aliphatic hydroxyl groups is 1. The number of amides is 3. The molecule has 10 nitrogen and oxygen atoms in total. The average Bonchev–Trinajstić information content (AvgIpc) is 3.51. The second-order valence-electron chi connectivity index (χ2n) is 13.9. The summed E-state index contributed by atoms with van der Waals surface area (Å²) in [6.07, 6.45) is -0.767. The first-order chi connectivity index (χ1) is 24.3. The molecule has 0 aromatic heterocycles. The topological polar surface area (TPSA) is 145 Å². The molecule has 1 spiro atoms. The molecule has 1 fully saturated rings. The van der Waals surface area contributed by atoms with Crippen molar-refractivity contribution in [2.75, 3.05) is 29.1 Å². The zero-order chi connectivity index (χ0) is 36.5. The number of carbonyl (C=O) groups is 3. The van der Waals surface area contributed by atoms with Gasteiger partial charge in [0.2, 0.25) is 5.91 Å². The molecule has 4 aromatic carbocycles. The van der Waals surface area contributed by atoms with Crippen LogP contribution in [0.5, 0.6) is 0 Å². The van der Waals surface area contributed by atoms with Crippen LogP contribution in [0.3, 0.4) is 0 Å². The first-order valence-corrected chi connectivity index (χ1v) is 20.8. The van der Waals surface area contributed by atoms with Crippen molar-refractivity contribution in [3.8, 4) is 0 Å². The van der Waals surface area contributed by atoms with Crippen LogP contribution in [0.25, 0.3) is 0 Å². The summed E-state index contributed by atoms with van der Waals surface area (Å²) in [5.74, 6) is -1.17. The molecule has 12 heteroatoms. The van der Waals surface area contributed by atoms with E-state index in [1.54, 1.807) is 46.2 Å². The van der Waals surface area contributed by atoms with Gasteiger partial charge in [-0.05, 0) is 78.8 Å². The zero-order valence-corrected chi connectivity index (χ0v) is 31.5. The van der Waals surface area contributed by atoms with Crippen LogP contribution in [0, 0.1) is 5.92 Å². The highest BCUT2D eigenvalue weighted by Crippen LogP contribution is 2.60. The Kier molecular flexibility index (Phi) is 10.5. The lowest BCUT2D eigenvalue weighted by molar-refractivity contribution is -0.150. The van der Waals surface area contributed by atoms with Gasteiger partial charge in [-0.3, -0.25) is 14.4 Å². The van der Waals surface area contributed by atoms with Crippen LogP contribution in [0.1, 0.15) is 40.4 Å². The van der Waals surface area contributed by atoms with E-state index in [0.717, 1.165) is 15.6 Å². The fourth-order valence-electron chi connectivity index (χ4n) is 7.64. The number of fused-ring (bicyclic) bond motifs is 2. The van der Waals surface area contributed by atoms with E-state index in [9.17, 15) is 24.3 Å². The number of nitrogens with one attached hydrogen (secondary N) is 1. The molecule has 2 heterocycles. The highest BCUT2D eigenvalue weighted by Gasteiger charge is 2.66. The Bertz CT molecular complexity index is 1900. The van der Waals surface area contributed by atoms with Crippen molar-refractivity contribution in [1.82, 2.24) is 4.90 Å². The summed E-state index contributed by atoms with van der Waals surface area (Å²) in [7, 11) is -3.01. The Hall–Kier alpha value is -4.33. The van der Waals surface area contributed by atoms with Crippen LogP contribution >= 0.6 is 15.9 Å². The molecule has 2 aliphatic heterocycles. The van der Waals surface area contributed by atoms with Crippen LogP contribution in [0.4, 0.5) is 17.1 Å². The predicted molar refractivity (Wildman–Crippen MR) is 203 cm³/mol. The number of nitrogen functional groups attached to an aromatic ring is 1. The smallest absolute Gasteiger partial charge is 0.264 e. The Morgan fingerprint density at radius 3 is 2.33 bits per heavy atom. The van der Waals surface area contributed by atoms with E-state index < -0.39 is 31.5 Å². The molecule has 0 aliphatic carbocycles. The Morgan fingerprint density at radius 2 is 1.69 bits per heavy atom. The fraction of sp³-hybridized carbons (Fsp3) is 0.308. The number of anilines is 3. The third-order valence-corrected chi connectivity index (χ3v) is 13.0. The summed E-state index contributed by atoms with van der Waals surface area (Å²) >= 11 is 3.60. The third kappa shape index (κ3) is 7.37. The summed E-state index contributed by atoms with van der Waals surface area (Å²) in [6, 6.07) is 29.2. The second kappa shape index (κ2) is 14.7. The standard InChI is InChI=1S/C39H43BrN4O6Si/c1-25-36(51(2,3)49)34(22-35(46)43(19-20-45)23-26-7-5-4-6-8-26)50-39(25)32-21-29(40)13-18-33(32)44(38(39)48)24-27-9-16-31(17-10-27)42-37(47)28-11-14-30(41)15-12-28/h4-18,21,25,34,36,45,49H,19-20,22-24,41H2,1-3H3,(H,42,47)/t25-,34+,36-,39+/m0/s1. The largest absolute Gasteiger partial charge is 0.432 e. The molecule has 3 amide bonds. The van der Waals surface area contributed by atoms with Gasteiger partial charge < -0.3 is 35.5 Å². The molecule has 0 bridgehead atoms. The van der Waals surface area contributed by atoms with Crippen molar-refractivity contribution in [2.24, 2.45) is 5.92 Å². The first kappa shape index (κ1) is 36.5. The first-order valence-electron chi connectivity index (χ1n) is 17.0. The van der Waals surface area contributed by atoms with Crippen LogP contribution in [-0.4, -0.2) is 60.1 Å². The van der Waals surface area contributed by atoms with E-state index in [-0.39, 0.29) is 43.8 Å². The number of halogens is 1. The molecule has 0 unspecified atom stereocenters. The van der Waals surface area contributed by atoms with E-state index in [2.05, 4.69) is 21.2 Å². The molecule has 266 valence electrons. The number of hydrogen-bond donors (Lipinski definition) is 4. The van der Waals surface area contributed by atoms with Crippen molar-refractivity contribution in [1.29, 1.82) is 0 Å². The van der Waals surface area contributed by atoms with Crippen molar-refractivity contribution >= 4 is 59.0 Å². The van der Waals surface area contributed by atoms with Gasteiger partial charge in [-0.15, -0.1) is 0 Å². The highest BCUT2D eigenvalue weighted by atomic mass is 79.9. The Morgan fingerprint density at radius 1 is 1.00 bits per heavy atom. The number of aliphatic hydroxyl groups excluding tert-OH is 1. The minimum atomic E-state index is -3.01. The number of carbonyl (C=O) groups excluding carboxylic acids is 3. The molecular weight excluding hydrogens is 728 g/mol.